The van der Waals surface area contributed by atoms with Gasteiger partial charge < -0.3 is 16.2 Å². The summed E-state index contributed by atoms with van der Waals surface area (Å²) in [6.45, 7) is 1.82. The van der Waals surface area contributed by atoms with Gasteiger partial charge in [0.05, 0.1) is 11.3 Å². The van der Waals surface area contributed by atoms with Crippen LogP contribution in [0.2, 0.25) is 0 Å². The molecular formula is C18H16N2O5S. The monoisotopic (exact) mass is 372 g/mol. The number of fused-ring (bicyclic) bond motifs is 1. The molecule has 134 valence electrons. The highest BCUT2D eigenvalue weighted by Crippen LogP contribution is 2.36. The average Bonchev–Trinajstić information content (AvgIpc) is 2.53. The summed E-state index contributed by atoms with van der Waals surface area (Å²) in [5.74, 6) is -0.900. The molecule has 5 N–H and O–H groups in total. The van der Waals surface area contributed by atoms with E-state index in [1.165, 1.54) is 18.2 Å². The lowest BCUT2D eigenvalue weighted by Gasteiger charge is -2.14. The maximum absolute atomic E-state index is 12.6. The second-order valence-corrected chi connectivity index (χ2v) is 7.22. The minimum Gasteiger partial charge on any atom is -0.507 e. The standard InChI is InChI=1S/C18H16N2O5S/c1-10-5-7-12(13(19)9-10)18(22)20-17-15(26(23,24)25)8-6-11-3-2-4-14(21)16(11)17/h2-9,21H,19H2,1H3,(H,20,22)(H,23,24,25). The van der Waals surface area contributed by atoms with Crippen LogP contribution in [0.5, 0.6) is 5.75 Å². The maximum atomic E-state index is 12.6. The van der Waals surface area contributed by atoms with Gasteiger partial charge in [0.15, 0.2) is 0 Å². The minimum atomic E-state index is -4.64. The molecule has 0 radical (unpaired) electrons. The number of phenols is 1. The van der Waals surface area contributed by atoms with E-state index in [1.54, 1.807) is 24.3 Å². The number of phenolic OH excluding ortho intramolecular Hbond substituents is 1. The van der Waals surface area contributed by atoms with Crippen molar-refractivity contribution in [2.24, 2.45) is 0 Å². The van der Waals surface area contributed by atoms with Crippen molar-refractivity contribution in [2.45, 2.75) is 11.8 Å². The first-order valence-corrected chi connectivity index (χ1v) is 9.02. The summed E-state index contributed by atoms with van der Waals surface area (Å²) < 4.78 is 33.0. The Balaban J connectivity index is 2.21. The molecule has 0 bridgehead atoms. The quantitative estimate of drug-likeness (QED) is 0.413. The Morgan fingerprint density at radius 1 is 1.12 bits per heavy atom. The van der Waals surface area contributed by atoms with E-state index in [2.05, 4.69) is 5.32 Å². The molecule has 0 spiro atoms. The summed E-state index contributed by atoms with van der Waals surface area (Å²) in [5.41, 5.74) is 6.88. The van der Waals surface area contributed by atoms with E-state index >= 15 is 0 Å². The molecule has 0 aliphatic rings. The van der Waals surface area contributed by atoms with Crippen molar-refractivity contribution in [1.29, 1.82) is 0 Å². The van der Waals surface area contributed by atoms with Crippen LogP contribution in [0.3, 0.4) is 0 Å². The van der Waals surface area contributed by atoms with E-state index < -0.39 is 20.9 Å². The van der Waals surface area contributed by atoms with Crippen molar-refractivity contribution >= 4 is 38.2 Å². The lowest BCUT2D eigenvalue weighted by molar-refractivity contribution is 0.102. The van der Waals surface area contributed by atoms with Gasteiger partial charge in [0.25, 0.3) is 16.0 Å². The second-order valence-electron chi connectivity index (χ2n) is 5.83. The van der Waals surface area contributed by atoms with Gasteiger partial charge >= 0.3 is 0 Å². The van der Waals surface area contributed by atoms with E-state index in [9.17, 15) is 22.9 Å². The molecule has 8 heteroatoms. The first-order chi connectivity index (χ1) is 12.2. The van der Waals surface area contributed by atoms with Crippen molar-refractivity contribution in [1.82, 2.24) is 0 Å². The summed E-state index contributed by atoms with van der Waals surface area (Å²) in [5, 5.41) is 13.2. The Kier molecular flexibility index (Phi) is 4.31. The van der Waals surface area contributed by atoms with E-state index in [-0.39, 0.29) is 28.1 Å². The van der Waals surface area contributed by atoms with Crippen LogP contribution in [0.15, 0.2) is 53.4 Å². The topological polar surface area (TPSA) is 130 Å². The number of amides is 1. The molecule has 0 fully saturated rings. The number of hydrogen-bond acceptors (Lipinski definition) is 5. The first-order valence-electron chi connectivity index (χ1n) is 7.58. The zero-order valence-electron chi connectivity index (χ0n) is 13.7. The zero-order valence-corrected chi connectivity index (χ0v) is 14.5. The molecule has 0 aliphatic heterocycles. The van der Waals surface area contributed by atoms with Gasteiger partial charge in [-0.3, -0.25) is 9.35 Å². The number of rotatable bonds is 3. The van der Waals surface area contributed by atoms with Gasteiger partial charge in [-0.2, -0.15) is 8.42 Å². The average molecular weight is 372 g/mol. The van der Waals surface area contributed by atoms with E-state index in [0.717, 1.165) is 11.6 Å². The number of anilines is 2. The van der Waals surface area contributed by atoms with Crippen LogP contribution in [0.25, 0.3) is 10.8 Å². The third-order valence-corrected chi connectivity index (χ3v) is 4.85. The smallest absolute Gasteiger partial charge is 0.296 e. The number of carbonyl (C=O) groups is 1. The fourth-order valence-electron chi connectivity index (χ4n) is 2.75. The Labute approximate surface area is 149 Å². The zero-order chi connectivity index (χ0) is 19.1. The summed E-state index contributed by atoms with van der Waals surface area (Å²) in [7, 11) is -4.64. The Hall–Kier alpha value is -3.10. The second kappa shape index (κ2) is 6.32. The molecule has 1 amide bonds. The number of carbonyl (C=O) groups excluding carboxylic acids is 1. The Bertz CT molecular complexity index is 1140. The SMILES string of the molecule is Cc1ccc(C(=O)Nc2c(S(=O)(=O)O)ccc3cccc(O)c23)c(N)c1. The molecular weight excluding hydrogens is 356 g/mol. The van der Waals surface area contributed by atoms with Crippen LogP contribution in [-0.2, 0) is 10.1 Å². The first kappa shape index (κ1) is 17.7. The van der Waals surface area contributed by atoms with Crippen molar-refractivity contribution in [2.75, 3.05) is 11.1 Å². The number of nitrogens with two attached hydrogens (primary N) is 1. The lowest BCUT2D eigenvalue weighted by atomic mass is 10.1. The molecule has 0 heterocycles. The lowest BCUT2D eigenvalue weighted by Crippen LogP contribution is -2.16. The van der Waals surface area contributed by atoms with Crippen LogP contribution in [-0.4, -0.2) is 24.0 Å². The normalized spacial score (nSPS) is 11.5. The van der Waals surface area contributed by atoms with Crippen LogP contribution in [0.1, 0.15) is 15.9 Å². The van der Waals surface area contributed by atoms with Gasteiger partial charge in [0, 0.05) is 11.1 Å². The number of benzene rings is 3. The third kappa shape index (κ3) is 3.19. The molecule has 26 heavy (non-hydrogen) atoms. The van der Waals surface area contributed by atoms with Crippen LogP contribution >= 0.6 is 0 Å². The highest BCUT2D eigenvalue weighted by molar-refractivity contribution is 7.86. The number of aromatic hydroxyl groups is 1. The summed E-state index contributed by atoms with van der Waals surface area (Å²) >= 11 is 0. The van der Waals surface area contributed by atoms with Crippen LogP contribution in [0.4, 0.5) is 11.4 Å². The van der Waals surface area contributed by atoms with Gasteiger partial charge in [-0.05, 0) is 42.1 Å². The molecule has 0 saturated heterocycles. The Morgan fingerprint density at radius 3 is 2.50 bits per heavy atom. The molecule has 0 atom stereocenters. The summed E-state index contributed by atoms with van der Waals surface area (Å²) in [4.78, 5) is 12.1. The molecule has 3 aromatic rings. The largest absolute Gasteiger partial charge is 0.507 e. The number of aryl methyl sites for hydroxylation is 1. The van der Waals surface area contributed by atoms with Gasteiger partial charge in [-0.15, -0.1) is 0 Å². The number of nitrogen functional groups attached to an aromatic ring is 1. The highest BCUT2D eigenvalue weighted by atomic mass is 32.2. The number of hydrogen-bond donors (Lipinski definition) is 4. The third-order valence-electron chi connectivity index (χ3n) is 3.95. The predicted octanol–water partition coefficient (Wildman–Crippen LogP) is 2.94. The van der Waals surface area contributed by atoms with Gasteiger partial charge in [-0.25, -0.2) is 0 Å². The van der Waals surface area contributed by atoms with Gasteiger partial charge in [0.2, 0.25) is 0 Å². The van der Waals surface area contributed by atoms with E-state index in [0.29, 0.717) is 5.39 Å². The predicted molar refractivity (Wildman–Crippen MR) is 99.0 cm³/mol. The fraction of sp³-hybridized carbons (Fsp3) is 0.0556. The summed E-state index contributed by atoms with van der Waals surface area (Å²) in [6, 6.07) is 12.0. The minimum absolute atomic E-state index is 0.0988. The van der Waals surface area contributed by atoms with Crippen LogP contribution in [0, 0.1) is 6.92 Å². The molecule has 0 saturated carbocycles. The molecule has 3 rings (SSSR count). The summed E-state index contributed by atoms with van der Waals surface area (Å²) in [6.07, 6.45) is 0. The fourth-order valence-corrected chi connectivity index (χ4v) is 3.40. The number of nitrogens with one attached hydrogen (secondary N) is 1. The van der Waals surface area contributed by atoms with Gasteiger partial charge in [0.1, 0.15) is 10.6 Å². The van der Waals surface area contributed by atoms with Crippen LogP contribution < -0.4 is 11.1 Å². The maximum Gasteiger partial charge on any atom is 0.296 e. The van der Waals surface area contributed by atoms with Crippen molar-refractivity contribution < 1.29 is 22.9 Å². The highest BCUT2D eigenvalue weighted by Gasteiger charge is 2.22. The van der Waals surface area contributed by atoms with Crippen molar-refractivity contribution in [3.63, 3.8) is 0 Å². The van der Waals surface area contributed by atoms with Crippen molar-refractivity contribution in [3.05, 3.63) is 59.7 Å². The molecule has 0 aliphatic carbocycles. The van der Waals surface area contributed by atoms with E-state index in [1.807, 2.05) is 6.92 Å². The molecule has 0 unspecified atom stereocenters. The Morgan fingerprint density at radius 2 is 1.85 bits per heavy atom. The molecule has 0 aromatic heterocycles. The van der Waals surface area contributed by atoms with Crippen molar-refractivity contribution in [3.8, 4) is 5.75 Å². The van der Waals surface area contributed by atoms with E-state index in [4.69, 9.17) is 5.73 Å². The molecule has 3 aromatic carbocycles. The van der Waals surface area contributed by atoms with Gasteiger partial charge in [-0.1, -0.05) is 24.3 Å². The molecule has 7 nitrogen and oxygen atoms in total.